The molecule has 0 radical (unpaired) electrons. The molecule has 2 N–H and O–H groups in total. The predicted molar refractivity (Wildman–Crippen MR) is 72.5 cm³/mol. The summed E-state index contributed by atoms with van der Waals surface area (Å²) in [6, 6.07) is -0.713. The molecular weight excluding hydrogens is 282 g/mol. The second-order valence-electron chi connectivity index (χ2n) is 4.47. The number of carbonyl (C=O) groups excluding carboxylic acids is 1. The van der Waals surface area contributed by atoms with Crippen LogP contribution in [0.5, 0.6) is 0 Å². The van der Waals surface area contributed by atoms with E-state index in [9.17, 15) is 9.59 Å². The van der Waals surface area contributed by atoms with Crippen LogP contribution in [0.3, 0.4) is 0 Å². The lowest BCUT2D eigenvalue weighted by atomic mass is 10.0. The minimum atomic E-state index is -0.932. The quantitative estimate of drug-likeness (QED) is 0.838. The highest BCUT2D eigenvalue weighted by atomic mass is 32.1. The standard InChI is InChI=1S/C12H17N3O4S/c1-2-15(10-5-19-4-9(10)11(16)17)12(18)13-3-8-6-20-7-14-8/h6-7,9-10H,2-5H2,1H3,(H,13,18)(H,16,17). The van der Waals surface area contributed by atoms with Crippen molar-refractivity contribution in [2.75, 3.05) is 19.8 Å². The summed E-state index contributed by atoms with van der Waals surface area (Å²) in [5.74, 6) is -1.60. The monoisotopic (exact) mass is 299 g/mol. The molecular formula is C12H17N3O4S. The Morgan fingerprint density at radius 3 is 3.00 bits per heavy atom. The zero-order chi connectivity index (χ0) is 14.5. The van der Waals surface area contributed by atoms with E-state index in [0.29, 0.717) is 13.1 Å². The number of carboxylic acid groups (broad SMARTS) is 1. The van der Waals surface area contributed by atoms with Gasteiger partial charge in [0.05, 0.1) is 37.0 Å². The number of rotatable bonds is 5. The van der Waals surface area contributed by atoms with Crippen LogP contribution in [0.4, 0.5) is 4.79 Å². The van der Waals surface area contributed by atoms with Crippen LogP contribution in [0.25, 0.3) is 0 Å². The summed E-state index contributed by atoms with van der Waals surface area (Å²) in [6.07, 6.45) is 0. The number of likely N-dealkylation sites (N-methyl/N-ethyl adjacent to an activating group) is 1. The van der Waals surface area contributed by atoms with Crippen molar-refractivity contribution >= 4 is 23.3 Å². The van der Waals surface area contributed by atoms with E-state index >= 15 is 0 Å². The molecule has 0 aliphatic carbocycles. The number of aromatic nitrogens is 1. The Labute approximate surface area is 120 Å². The molecule has 20 heavy (non-hydrogen) atoms. The van der Waals surface area contributed by atoms with E-state index in [2.05, 4.69) is 10.3 Å². The van der Waals surface area contributed by atoms with E-state index in [1.54, 1.807) is 5.51 Å². The summed E-state index contributed by atoms with van der Waals surface area (Å²) < 4.78 is 5.20. The Balaban J connectivity index is 1.96. The summed E-state index contributed by atoms with van der Waals surface area (Å²) in [4.78, 5) is 28.9. The first-order valence-corrected chi connectivity index (χ1v) is 7.29. The van der Waals surface area contributed by atoms with Crippen LogP contribution in [0, 0.1) is 5.92 Å². The first-order valence-electron chi connectivity index (χ1n) is 6.35. The smallest absolute Gasteiger partial charge is 0.318 e. The second-order valence-corrected chi connectivity index (χ2v) is 5.19. The van der Waals surface area contributed by atoms with Crippen LogP contribution >= 0.6 is 11.3 Å². The number of amides is 2. The summed E-state index contributed by atoms with van der Waals surface area (Å²) in [5.41, 5.74) is 2.49. The zero-order valence-corrected chi connectivity index (χ0v) is 11.9. The van der Waals surface area contributed by atoms with Crippen molar-refractivity contribution in [3.8, 4) is 0 Å². The number of hydrogen-bond acceptors (Lipinski definition) is 5. The third-order valence-electron chi connectivity index (χ3n) is 3.27. The van der Waals surface area contributed by atoms with E-state index in [1.165, 1.54) is 16.2 Å². The first-order chi connectivity index (χ1) is 9.63. The zero-order valence-electron chi connectivity index (χ0n) is 11.1. The second kappa shape index (κ2) is 6.67. The van der Waals surface area contributed by atoms with Crippen LogP contribution in [0.1, 0.15) is 12.6 Å². The van der Waals surface area contributed by atoms with Gasteiger partial charge in [-0.05, 0) is 6.92 Å². The fourth-order valence-electron chi connectivity index (χ4n) is 2.21. The van der Waals surface area contributed by atoms with Crippen molar-refractivity contribution in [1.29, 1.82) is 0 Å². The number of nitrogens with one attached hydrogen (secondary N) is 1. The van der Waals surface area contributed by atoms with Crippen molar-refractivity contribution in [1.82, 2.24) is 15.2 Å². The molecule has 7 nitrogen and oxygen atoms in total. The number of carbonyl (C=O) groups is 2. The third-order valence-corrected chi connectivity index (χ3v) is 3.91. The van der Waals surface area contributed by atoms with Gasteiger partial charge in [-0.2, -0.15) is 0 Å². The average Bonchev–Trinajstić information content (AvgIpc) is 3.08. The minimum Gasteiger partial charge on any atom is -0.481 e. The molecule has 0 saturated carbocycles. The minimum absolute atomic E-state index is 0.149. The van der Waals surface area contributed by atoms with Crippen molar-refractivity contribution in [2.24, 2.45) is 5.92 Å². The molecule has 1 fully saturated rings. The van der Waals surface area contributed by atoms with Crippen LogP contribution in [0.2, 0.25) is 0 Å². The third kappa shape index (κ3) is 3.26. The fraction of sp³-hybridized carbons (Fsp3) is 0.583. The van der Waals surface area contributed by atoms with E-state index < -0.39 is 17.9 Å². The lowest BCUT2D eigenvalue weighted by Crippen LogP contribution is -2.50. The fourth-order valence-corrected chi connectivity index (χ4v) is 2.77. The number of ether oxygens (including phenoxy) is 1. The van der Waals surface area contributed by atoms with Gasteiger partial charge < -0.3 is 20.1 Å². The van der Waals surface area contributed by atoms with Crippen molar-refractivity contribution in [2.45, 2.75) is 19.5 Å². The molecule has 0 bridgehead atoms. The molecule has 2 rings (SSSR count). The van der Waals surface area contributed by atoms with Gasteiger partial charge in [-0.3, -0.25) is 4.79 Å². The Morgan fingerprint density at radius 2 is 2.40 bits per heavy atom. The first kappa shape index (κ1) is 14.7. The van der Waals surface area contributed by atoms with Crippen molar-refractivity contribution in [3.05, 3.63) is 16.6 Å². The Kier molecular flexibility index (Phi) is 4.91. The number of urea groups is 1. The van der Waals surface area contributed by atoms with Gasteiger partial charge in [-0.1, -0.05) is 0 Å². The normalized spacial score (nSPS) is 21.6. The van der Waals surface area contributed by atoms with Crippen LogP contribution in [-0.4, -0.2) is 52.8 Å². The van der Waals surface area contributed by atoms with Gasteiger partial charge in [-0.25, -0.2) is 9.78 Å². The highest BCUT2D eigenvalue weighted by Gasteiger charge is 2.39. The largest absolute Gasteiger partial charge is 0.481 e. The lowest BCUT2D eigenvalue weighted by molar-refractivity contribution is -0.142. The maximum atomic E-state index is 12.2. The molecule has 1 aromatic heterocycles. The maximum Gasteiger partial charge on any atom is 0.318 e. The number of carboxylic acids is 1. The highest BCUT2D eigenvalue weighted by Crippen LogP contribution is 2.20. The Morgan fingerprint density at radius 1 is 1.60 bits per heavy atom. The molecule has 110 valence electrons. The number of nitrogens with zero attached hydrogens (tertiary/aromatic N) is 2. The average molecular weight is 299 g/mol. The number of hydrogen-bond donors (Lipinski definition) is 2. The molecule has 1 aromatic rings. The van der Waals surface area contributed by atoms with Gasteiger partial charge in [0, 0.05) is 11.9 Å². The maximum absolute atomic E-state index is 12.2. The Bertz CT molecular complexity index is 465. The van der Waals surface area contributed by atoms with Crippen LogP contribution in [0.15, 0.2) is 10.9 Å². The van der Waals surface area contributed by atoms with Gasteiger partial charge in [0.15, 0.2) is 0 Å². The van der Waals surface area contributed by atoms with Gasteiger partial charge in [-0.15, -0.1) is 11.3 Å². The SMILES string of the molecule is CCN(C(=O)NCc1cscn1)C1COCC1C(=O)O. The molecule has 2 atom stereocenters. The van der Waals surface area contributed by atoms with E-state index in [-0.39, 0.29) is 19.2 Å². The Hall–Kier alpha value is -1.67. The van der Waals surface area contributed by atoms with Gasteiger partial charge in [0.25, 0.3) is 0 Å². The summed E-state index contributed by atoms with van der Waals surface area (Å²) in [6.45, 7) is 3.00. The highest BCUT2D eigenvalue weighted by molar-refractivity contribution is 7.07. The van der Waals surface area contributed by atoms with E-state index in [0.717, 1.165) is 5.69 Å². The lowest BCUT2D eigenvalue weighted by Gasteiger charge is -2.29. The van der Waals surface area contributed by atoms with Crippen molar-refractivity contribution in [3.63, 3.8) is 0 Å². The van der Waals surface area contributed by atoms with Gasteiger partial charge in [0.1, 0.15) is 5.92 Å². The molecule has 1 aliphatic rings. The van der Waals surface area contributed by atoms with Crippen molar-refractivity contribution < 1.29 is 19.4 Å². The van der Waals surface area contributed by atoms with Gasteiger partial charge in [0.2, 0.25) is 0 Å². The predicted octanol–water partition coefficient (Wildman–Crippen LogP) is 0.774. The summed E-state index contributed by atoms with van der Waals surface area (Å²) in [7, 11) is 0. The van der Waals surface area contributed by atoms with Gasteiger partial charge >= 0.3 is 12.0 Å². The molecule has 8 heteroatoms. The molecule has 2 amide bonds. The van der Waals surface area contributed by atoms with Crippen LogP contribution < -0.4 is 5.32 Å². The van der Waals surface area contributed by atoms with E-state index in [4.69, 9.17) is 9.84 Å². The molecule has 0 spiro atoms. The molecule has 1 saturated heterocycles. The topological polar surface area (TPSA) is 91.8 Å². The molecule has 2 heterocycles. The van der Waals surface area contributed by atoms with E-state index in [1.807, 2.05) is 12.3 Å². The molecule has 1 aliphatic heterocycles. The summed E-state index contributed by atoms with van der Waals surface area (Å²) >= 11 is 1.46. The summed E-state index contributed by atoms with van der Waals surface area (Å²) in [5, 5.41) is 13.8. The molecule has 2 unspecified atom stereocenters. The number of thiazole rings is 1. The number of aliphatic carboxylic acids is 1. The van der Waals surface area contributed by atoms with Crippen LogP contribution in [-0.2, 0) is 16.1 Å². The molecule has 0 aromatic carbocycles.